The number of methoxy groups -OCH3 is 1. The van der Waals surface area contributed by atoms with Crippen LogP contribution in [-0.2, 0) is 4.74 Å². The average Bonchev–Trinajstić information content (AvgIpc) is 1.96. The molecule has 1 nitrogen and oxygen atoms in total. The molecule has 0 rings (SSSR count). The summed E-state index contributed by atoms with van der Waals surface area (Å²) < 4.78 is 5.27. The van der Waals surface area contributed by atoms with Crippen LogP contribution in [0.15, 0.2) is 10.6 Å². The maximum Gasteiger partial charge on any atom is 0.102 e. The van der Waals surface area contributed by atoms with Gasteiger partial charge in [0.05, 0.1) is 0 Å². The summed E-state index contributed by atoms with van der Waals surface area (Å²) in [5, 5.41) is 0. The molecule has 66 valence electrons. The van der Waals surface area contributed by atoms with Crippen LogP contribution in [0.25, 0.3) is 0 Å². The van der Waals surface area contributed by atoms with Crippen molar-refractivity contribution in [1.29, 1.82) is 0 Å². The molecular formula is C8H14Cl2O. The highest BCUT2D eigenvalue weighted by Gasteiger charge is 1.87. The van der Waals surface area contributed by atoms with Gasteiger partial charge in [0.15, 0.2) is 0 Å². The molecule has 0 unspecified atom stereocenters. The third-order valence-electron chi connectivity index (χ3n) is 1.35. The first-order valence-corrected chi connectivity index (χ1v) is 4.53. The Bertz CT molecular complexity index is 109. The lowest BCUT2D eigenvalue weighted by atomic mass is 10.2. The van der Waals surface area contributed by atoms with Gasteiger partial charge in [0.2, 0.25) is 0 Å². The summed E-state index contributed by atoms with van der Waals surface area (Å²) in [6, 6.07) is 0. The van der Waals surface area contributed by atoms with E-state index < -0.39 is 0 Å². The van der Waals surface area contributed by atoms with E-state index in [9.17, 15) is 0 Å². The minimum atomic E-state index is 0.372. The van der Waals surface area contributed by atoms with Crippen molar-refractivity contribution in [3.8, 4) is 0 Å². The Hall–Kier alpha value is 0.280. The van der Waals surface area contributed by atoms with E-state index in [0.29, 0.717) is 4.49 Å². The van der Waals surface area contributed by atoms with Gasteiger partial charge in [-0.3, -0.25) is 0 Å². The predicted molar refractivity (Wildman–Crippen MR) is 50.1 cm³/mol. The maximum atomic E-state index is 5.42. The topological polar surface area (TPSA) is 9.23 Å². The molecule has 0 amide bonds. The van der Waals surface area contributed by atoms with Crippen molar-refractivity contribution in [1.82, 2.24) is 0 Å². The number of ether oxygens (including phenoxy) is 1. The van der Waals surface area contributed by atoms with E-state index in [1.54, 1.807) is 7.11 Å². The second-order valence-corrected chi connectivity index (χ2v) is 3.34. The zero-order chi connectivity index (χ0) is 8.53. The summed E-state index contributed by atoms with van der Waals surface area (Å²) >= 11 is 10.8. The fourth-order valence-electron chi connectivity index (χ4n) is 0.779. The SMILES string of the molecule is COCCCCCC=C(Cl)Cl. The highest BCUT2D eigenvalue weighted by molar-refractivity contribution is 6.55. The molecule has 0 aliphatic rings. The standard InChI is InChI=1S/C8H14Cl2O/c1-11-7-5-3-2-4-6-8(9)10/h6H,2-5,7H2,1H3. The first-order chi connectivity index (χ1) is 5.27. The van der Waals surface area contributed by atoms with Crippen molar-refractivity contribution in [3.63, 3.8) is 0 Å². The Labute approximate surface area is 78.3 Å². The van der Waals surface area contributed by atoms with Crippen LogP contribution in [0.5, 0.6) is 0 Å². The van der Waals surface area contributed by atoms with Crippen molar-refractivity contribution in [2.75, 3.05) is 13.7 Å². The number of hydrogen-bond donors (Lipinski definition) is 0. The Morgan fingerprint density at radius 2 is 2.00 bits per heavy atom. The minimum Gasteiger partial charge on any atom is -0.385 e. The van der Waals surface area contributed by atoms with Crippen LogP contribution >= 0.6 is 23.2 Å². The van der Waals surface area contributed by atoms with Crippen molar-refractivity contribution < 1.29 is 4.74 Å². The molecule has 11 heavy (non-hydrogen) atoms. The van der Waals surface area contributed by atoms with Crippen molar-refractivity contribution in [3.05, 3.63) is 10.6 Å². The van der Waals surface area contributed by atoms with Gasteiger partial charge in [-0.1, -0.05) is 35.7 Å². The third-order valence-corrected chi connectivity index (χ3v) is 1.66. The lowest BCUT2D eigenvalue weighted by molar-refractivity contribution is 0.192. The third kappa shape index (κ3) is 10.3. The van der Waals surface area contributed by atoms with Crippen LogP contribution in [0.4, 0.5) is 0 Å². The highest BCUT2D eigenvalue weighted by Crippen LogP contribution is 2.10. The number of halogens is 2. The number of hydrogen-bond acceptors (Lipinski definition) is 1. The predicted octanol–water partition coefficient (Wildman–Crippen LogP) is 3.51. The molecule has 0 saturated heterocycles. The van der Waals surface area contributed by atoms with Crippen molar-refractivity contribution >= 4 is 23.2 Å². The van der Waals surface area contributed by atoms with E-state index in [1.807, 2.05) is 6.08 Å². The summed E-state index contributed by atoms with van der Waals surface area (Å²) in [6.07, 6.45) is 6.21. The second kappa shape index (κ2) is 8.38. The normalized spacial score (nSPS) is 9.73. The van der Waals surface area contributed by atoms with E-state index in [4.69, 9.17) is 27.9 Å². The number of allylic oxidation sites excluding steroid dienone is 1. The molecule has 0 aromatic heterocycles. The maximum absolute atomic E-state index is 5.42. The molecule has 0 atom stereocenters. The fourth-order valence-corrected chi connectivity index (χ4v) is 0.997. The van der Waals surface area contributed by atoms with Gasteiger partial charge in [-0.05, 0) is 19.3 Å². The van der Waals surface area contributed by atoms with E-state index in [0.717, 1.165) is 25.9 Å². The summed E-state index contributed by atoms with van der Waals surface area (Å²) in [7, 11) is 1.72. The van der Waals surface area contributed by atoms with Crippen molar-refractivity contribution in [2.24, 2.45) is 0 Å². The van der Waals surface area contributed by atoms with Gasteiger partial charge in [-0.2, -0.15) is 0 Å². The Morgan fingerprint density at radius 1 is 1.27 bits per heavy atom. The zero-order valence-corrected chi connectivity index (χ0v) is 8.29. The van der Waals surface area contributed by atoms with Crippen LogP contribution in [0, 0.1) is 0 Å². The van der Waals surface area contributed by atoms with E-state index in [2.05, 4.69) is 0 Å². The molecular weight excluding hydrogens is 183 g/mol. The molecule has 0 radical (unpaired) electrons. The number of rotatable bonds is 6. The first-order valence-electron chi connectivity index (χ1n) is 3.77. The van der Waals surface area contributed by atoms with Gasteiger partial charge in [0, 0.05) is 13.7 Å². The largest absolute Gasteiger partial charge is 0.385 e. The zero-order valence-electron chi connectivity index (χ0n) is 6.78. The summed E-state index contributed by atoms with van der Waals surface area (Å²) in [5.74, 6) is 0. The Kier molecular flexibility index (Phi) is 8.59. The molecule has 0 aromatic carbocycles. The van der Waals surface area contributed by atoms with E-state index in [1.165, 1.54) is 6.42 Å². The number of unbranched alkanes of at least 4 members (excludes halogenated alkanes) is 3. The van der Waals surface area contributed by atoms with Crippen LogP contribution < -0.4 is 0 Å². The summed E-state index contributed by atoms with van der Waals surface area (Å²) in [5.41, 5.74) is 0. The molecule has 0 fully saturated rings. The van der Waals surface area contributed by atoms with Crippen molar-refractivity contribution in [2.45, 2.75) is 25.7 Å². The van der Waals surface area contributed by atoms with Gasteiger partial charge in [0.1, 0.15) is 4.49 Å². The van der Waals surface area contributed by atoms with Crippen LogP contribution in [0.3, 0.4) is 0 Å². The summed E-state index contributed by atoms with van der Waals surface area (Å²) in [6.45, 7) is 0.846. The lowest BCUT2D eigenvalue weighted by Gasteiger charge is -1.96. The summed E-state index contributed by atoms with van der Waals surface area (Å²) in [4.78, 5) is 0. The Morgan fingerprint density at radius 3 is 2.55 bits per heavy atom. The van der Waals surface area contributed by atoms with Crippen LogP contribution in [0.2, 0.25) is 0 Å². The van der Waals surface area contributed by atoms with E-state index >= 15 is 0 Å². The molecule has 3 heteroatoms. The lowest BCUT2D eigenvalue weighted by Crippen LogP contribution is -1.87. The molecule has 0 spiro atoms. The van der Waals surface area contributed by atoms with Gasteiger partial charge in [-0.15, -0.1) is 0 Å². The molecule has 0 heterocycles. The minimum absolute atomic E-state index is 0.372. The molecule has 0 saturated carbocycles. The van der Waals surface area contributed by atoms with Gasteiger partial charge in [0.25, 0.3) is 0 Å². The highest BCUT2D eigenvalue weighted by atomic mass is 35.5. The van der Waals surface area contributed by atoms with Gasteiger partial charge in [-0.25, -0.2) is 0 Å². The molecule has 0 N–H and O–H groups in total. The average molecular weight is 197 g/mol. The molecule has 0 aromatic rings. The van der Waals surface area contributed by atoms with E-state index in [-0.39, 0.29) is 0 Å². The van der Waals surface area contributed by atoms with Gasteiger partial charge < -0.3 is 4.74 Å². The van der Waals surface area contributed by atoms with Crippen LogP contribution in [-0.4, -0.2) is 13.7 Å². The van der Waals surface area contributed by atoms with Crippen LogP contribution in [0.1, 0.15) is 25.7 Å². The Balaban J connectivity index is 2.97. The quantitative estimate of drug-likeness (QED) is 0.592. The smallest absolute Gasteiger partial charge is 0.102 e. The monoisotopic (exact) mass is 196 g/mol. The van der Waals surface area contributed by atoms with Gasteiger partial charge >= 0.3 is 0 Å². The molecule has 0 bridgehead atoms. The first kappa shape index (κ1) is 11.3. The fraction of sp³-hybridized carbons (Fsp3) is 0.750. The molecule has 0 aliphatic heterocycles. The molecule has 0 aliphatic carbocycles. The second-order valence-electron chi connectivity index (χ2n) is 2.34.